The first-order valence-corrected chi connectivity index (χ1v) is 5.67. The quantitative estimate of drug-likeness (QED) is 0.836. The van der Waals surface area contributed by atoms with Crippen molar-refractivity contribution in [3.8, 4) is 6.07 Å². The molecule has 0 aromatic heterocycles. The molecule has 0 atom stereocenters. The lowest BCUT2D eigenvalue weighted by Gasteiger charge is -2.19. The van der Waals surface area contributed by atoms with Gasteiger partial charge in [0.05, 0.1) is 11.3 Å². The van der Waals surface area contributed by atoms with Gasteiger partial charge in [-0.3, -0.25) is 0 Å². The summed E-state index contributed by atoms with van der Waals surface area (Å²) in [6.45, 7) is 9.53. The van der Waals surface area contributed by atoms with Crippen molar-refractivity contribution in [1.29, 1.82) is 5.26 Å². The second-order valence-corrected chi connectivity index (χ2v) is 5.35. The van der Waals surface area contributed by atoms with Crippen molar-refractivity contribution in [2.24, 2.45) is 5.41 Å². The van der Waals surface area contributed by atoms with Crippen molar-refractivity contribution in [1.82, 2.24) is 0 Å². The van der Waals surface area contributed by atoms with Gasteiger partial charge in [-0.25, -0.2) is 0 Å². The van der Waals surface area contributed by atoms with Crippen molar-refractivity contribution >= 4 is 5.69 Å². The minimum Gasteiger partial charge on any atom is -0.384 e. The molecule has 0 spiro atoms. The maximum atomic E-state index is 9.07. The second-order valence-electron chi connectivity index (χ2n) is 5.35. The van der Waals surface area contributed by atoms with Gasteiger partial charge in [0.25, 0.3) is 0 Å². The first kappa shape index (κ1) is 12.6. The van der Waals surface area contributed by atoms with Crippen LogP contribution in [0.25, 0.3) is 0 Å². The fourth-order valence-corrected chi connectivity index (χ4v) is 1.54. The average molecular weight is 216 g/mol. The SMILES string of the molecule is Cc1cccc(NCCC(C)(C)C)c1C#N. The first-order chi connectivity index (χ1) is 7.44. The van der Waals surface area contributed by atoms with E-state index in [1.54, 1.807) is 0 Å². The highest BCUT2D eigenvalue weighted by Gasteiger charge is 2.10. The molecular formula is C14H20N2. The predicted molar refractivity (Wildman–Crippen MR) is 68.5 cm³/mol. The number of aryl methyl sites for hydroxylation is 1. The largest absolute Gasteiger partial charge is 0.384 e. The second kappa shape index (κ2) is 5.03. The zero-order valence-corrected chi connectivity index (χ0v) is 10.6. The zero-order chi connectivity index (χ0) is 12.2. The smallest absolute Gasteiger partial charge is 0.102 e. The van der Waals surface area contributed by atoms with Gasteiger partial charge in [0.2, 0.25) is 0 Å². The third kappa shape index (κ3) is 3.58. The molecule has 2 heteroatoms. The van der Waals surface area contributed by atoms with E-state index in [0.717, 1.165) is 29.8 Å². The van der Waals surface area contributed by atoms with Gasteiger partial charge in [0.1, 0.15) is 6.07 Å². The molecule has 86 valence electrons. The van der Waals surface area contributed by atoms with Gasteiger partial charge in [0.15, 0.2) is 0 Å². The Morgan fingerprint density at radius 2 is 2.00 bits per heavy atom. The van der Waals surface area contributed by atoms with Crippen LogP contribution in [0, 0.1) is 23.7 Å². The summed E-state index contributed by atoms with van der Waals surface area (Å²) in [6.07, 6.45) is 1.09. The van der Waals surface area contributed by atoms with E-state index in [4.69, 9.17) is 5.26 Å². The third-order valence-electron chi connectivity index (χ3n) is 2.58. The topological polar surface area (TPSA) is 35.8 Å². The Kier molecular flexibility index (Phi) is 3.95. The summed E-state index contributed by atoms with van der Waals surface area (Å²) >= 11 is 0. The van der Waals surface area contributed by atoms with Crippen molar-refractivity contribution in [2.75, 3.05) is 11.9 Å². The molecule has 2 nitrogen and oxygen atoms in total. The lowest BCUT2D eigenvalue weighted by atomic mass is 9.92. The Balaban J connectivity index is 2.68. The van der Waals surface area contributed by atoms with Gasteiger partial charge < -0.3 is 5.32 Å². The molecule has 16 heavy (non-hydrogen) atoms. The fraction of sp³-hybridized carbons (Fsp3) is 0.500. The molecule has 1 N–H and O–H groups in total. The molecule has 0 amide bonds. The van der Waals surface area contributed by atoms with Crippen molar-refractivity contribution in [3.63, 3.8) is 0 Å². The number of nitrogens with one attached hydrogen (secondary N) is 1. The molecule has 0 aliphatic carbocycles. The third-order valence-corrected chi connectivity index (χ3v) is 2.58. The predicted octanol–water partition coefficient (Wildman–Crippen LogP) is 3.71. The van der Waals surface area contributed by atoms with Crippen LogP contribution >= 0.6 is 0 Å². The Hall–Kier alpha value is -1.49. The number of benzene rings is 1. The summed E-state index contributed by atoms with van der Waals surface area (Å²) in [5.41, 5.74) is 3.07. The van der Waals surface area contributed by atoms with Crippen LogP contribution < -0.4 is 5.32 Å². The molecule has 0 saturated heterocycles. The molecule has 0 unspecified atom stereocenters. The Bertz CT molecular complexity index is 394. The number of nitriles is 1. The van der Waals surface area contributed by atoms with Crippen LogP contribution in [0.2, 0.25) is 0 Å². The highest BCUT2D eigenvalue weighted by Crippen LogP contribution is 2.21. The minimum absolute atomic E-state index is 0.323. The van der Waals surface area contributed by atoms with E-state index in [-0.39, 0.29) is 0 Å². The van der Waals surface area contributed by atoms with E-state index in [2.05, 4.69) is 32.2 Å². The van der Waals surface area contributed by atoms with E-state index in [9.17, 15) is 0 Å². The van der Waals surface area contributed by atoms with Gasteiger partial charge in [-0.15, -0.1) is 0 Å². The van der Waals surface area contributed by atoms with E-state index in [1.807, 2.05) is 25.1 Å². The molecule has 0 aliphatic rings. The lowest BCUT2D eigenvalue weighted by Crippen LogP contribution is -2.13. The van der Waals surface area contributed by atoms with Gasteiger partial charge in [-0.1, -0.05) is 32.9 Å². The first-order valence-electron chi connectivity index (χ1n) is 5.67. The number of rotatable bonds is 3. The Labute approximate surface area is 98.3 Å². The molecule has 0 aliphatic heterocycles. The van der Waals surface area contributed by atoms with Crippen molar-refractivity contribution in [3.05, 3.63) is 29.3 Å². The summed E-state index contributed by atoms with van der Waals surface area (Å²) in [4.78, 5) is 0. The average Bonchev–Trinajstić information content (AvgIpc) is 2.16. The Morgan fingerprint density at radius 3 is 2.56 bits per heavy atom. The van der Waals surface area contributed by atoms with Gasteiger partial charge in [0, 0.05) is 6.54 Å². The highest BCUT2D eigenvalue weighted by molar-refractivity contribution is 5.60. The Morgan fingerprint density at radius 1 is 1.31 bits per heavy atom. The molecule has 0 heterocycles. The van der Waals surface area contributed by atoms with Gasteiger partial charge in [-0.2, -0.15) is 5.26 Å². The molecule has 0 saturated carbocycles. The molecule has 1 aromatic rings. The maximum Gasteiger partial charge on any atom is 0.102 e. The molecular weight excluding hydrogens is 196 g/mol. The normalized spacial score (nSPS) is 10.9. The van der Waals surface area contributed by atoms with Crippen LogP contribution in [-0.2, 0) is 0 Å². The molecule has 0 bridgehead atoms. The summed E-state index contributed by atoms with van der Waals surface area (Å²) in [7, 11) is 0. The van der Waals surface area contributed by atoms with E-state index in [1.165, 1.54) is 0 Å². The standard InChI is InChI=1S/C14H20N2/c1-11-6-5-7-13(12(11)10-15)16-9-8-14(2,3)4/h5-7,16H,8-9H2,1-4H3. The van der Waals surface area contributed by atoms with Crippen LogP contribution in [0.15, 0.2) is 18.2 Å². The molecule has 0 fully saturated rings. The number of hydrogen-bond donors (Lipinski definition) is 1. The van der Waals surface area contributed by atoms with Gasteiger partial charge >= 0.3 is 0 Å². The zero-order valence-electron chi connectivity index (χ0n) is 10.6. The van der Waals surface area contributed by atoms with Crippen LogP contribution in [0.3, 0.4) is 0 Å². The fourth-order valence-electron chi connectivity index (χ4n) is 1.54. The summed E-state index contributed by atoms with van der Waals surface area (Å²) in [5.74, 6) is 0. The van der Waals surface area contributed by atoms with Crippen LogP contribution in [0.4, 0.5) is 5.69 Å². The minimum atomic E-state index is 0.323. The number of anilines is 1. The van der Waals surface area contributed by atoms with Crippen LogP contribution in [-0.4, -0.2) is 6.54 Å². The summed E-state index contributed by atoms with van der Waals surface area (Å²) in [6, 6.07) is 8.16. The van der Waals surface area contributed by atoms with Crippen molar-refractivity contribution < 1.29 is 0 Å². The molecule has 0 radical (unpaired) electrons. The number of nitrogens with zero attached hydrogens (tertiary/aromatic N) is 1. The van der Waals surface area contributed by atoms with Gasteiger partial charge in [-0.05, 0) is 30.4 Å². The summed E-state index contributed by atoms with van der Waals surface area (Å²) in [5, 5.41) is 12.4. The summed E-state index contributed by atoms with van der Waals surface area (Å²) < 4.78 is 0. The van der Waals surface area contributed by atoms with Crippen LogP contribution in [0.5, 0.6) is 0 Å². The molecule has 1 aromatic carbocycles. The van der Waals surface area contributed by atoms with Crippen LogP contribution in [0.1, 0.15) is 38.3 Å². The van der Waals surface area contributed by atoms with E-state index >= 15 is 0 Å². The maximum absolute atomic E-state index is 9.07. The monoisotopic (exact) mass is 216 g/mol. The van der Waals surface area contributed by atoms with E-state index < -0.39 is 0 Å². The number of hydrogen-bond acceptors (Lipinski definition) is 2. The highest BCUT2D eigenvalue weighted by atomic mass is 14.9. The lowest BCUT2D eigenvalue weighted by molar-refractivity contribution is 0.390. The van der Waals surface area contributed by atoms with Crippen molar-refractivity contribution in [2.45, 2.75) is 34.1 Å². The van der Waals surface area contributed by atoms with E-state index in [0.29, 0.717) is 5.41 Å². The molecule has 1 rings (SSSR count).